The number of rotatable bonds is 5. The highest BCUT2D eigenvalue weighted by Crippen LogP contribution is 2.28. The van der Waals surface area contributed by atoms with Crippen LogP contribution in [-0.2, 0) is 4.79 Å². The molecule has 2 aromatic carbocycles. The molecule has 0 heterocycles. The maximum Gasteiger partial charge on any atom is 0.311 e. The highest BCUT2D eigenvalue weighted by Gasteiger charge is 2.17. The molecule has 9 heteroatoms. The summed E-state index contributed by atoms with van der Waals surface area (Å²) in [4.78, 5) is 21.9. The molecule has 0 bridgehead atoms. The molecule has 0 aliphatic rings. The number of nitrogens with one attached hydrogen (secondary N) is 1. The third-order valence-electron chi connectivity index (χ3n) is 2.68. The molecule has 0 aromatic heterocycles. The van der Waals surface area contributed by atoms with Crippen LogP contribution in [0.1, 0.15) is 0 Å². The molecule has 0 unspecified atom stereocenters. The quantitative estimate of drug-likeness (QED) is 0.600. The Morgan fingerprint density at radius 1 is 1.35 bits per heavy atom. The van der Waals surface area contributed by atoms with Crippen molar-refractivity contribution in [2.45, 2.75) is 0 Å². The molecule has 0 saturated carbocycles. The second-order valence-corrected chi connectivity index (χ2v) is 5.65. The lowest BCUT2D eigenvalue weighted by atomic mass is 10.3. The van der Waals surface area contributed by atoms with E-state index in [4.69, 9.17) is 16.3 Å². The minimum Gasteiger partial charge on any atom is -0.477 e. The van der Waals surface area contributed by atoms with Gasteiger partial charge in [-0.1, -0.05) is 27.5 Å². The topological polar surface area (TPSA) is 81.5 Å². The van der Waals surface area contributed by atoms with Crippen LogP contribution in [0.25, 0.3) is 0 Å². The zero-order valence-electron chi connectivity index (χ0n) is 11.4. The fraction of sp³-hybridized carbons (Fsp3) is 0.0714. The summed E-state index contributed by atoms with van der Waals surface area (Å²) in [6.45, 7) is -0.531. The van der Waals surface area contributed by atoms with E-state index in [-0.39, 0.29) is 5.75 Å². The average Bonchev–Trinajstić information content (AvgIpc) is 2.48. The van der Waals surface area contributed by atoms with E-state index in [1.165, 1.54) is 0 Å². The van der Waals surface area contributed by atoms with Crippen LogP contribution in [-0.4, -0.2) is 17.4 Å². The zero-order valence-corrected chi connectivity index (χ0v) is 13.7. The number of halogens is 3. The van der Waals surface area contributed by atoms with E-state index in [2.05, 4.69) is 21.2 Å². The first-order valence-electron chi connectivity index (χ1n) is 6.18. The second kappa shape index (κ2) is 7.38. The lowest BCUT2D eigenvalue weighted by Gasteiger charge is -2.09. The van der Waals surface area contributed by atoms with Crippen LogP contribution in [0.4, 0.5) is 15.8 Å². The standard InChI is InChI=1S/C14H9BrClFN2O4/c15-8-1-3-11(10(16)5-8)18-14(20)7-23-13-6-9(17)2-4-12(13)19(21)22/h1-6H,7H2,(H,18,20). The molecule has 2 aromatic rings. The molecule has 120 valence electrons. The van der Waals surface area contributed by atoms with Gasteiger partial charge in [-0.15, -0.1) is 0 Å². The maximum absolute atomic E-state index is 13.1. The van der Waals surface area contributed by atoms with Crippen molar-refractivity contribution in [3.8, 4) is 5.75 Å². The van der Waals surface area contributed by atoms with Crippen molar-refractivity contribution in [2.24, 2.45) is 0 Å². The average molecular weight is 404 g/mol. The minimum absolute atomic E-state index is 0.310. The summed E-state index contributed by atoms with van der Waals surface area (Å²) < 4.78 is 18.9. The number of amides is 1. The molecule has 6 nitrogen and oxygen atoms in total. The Hall–Kier alpha value is -2.19. The molecule has 1 amide bonds. The summed E-state index contributed by atoms with van der Waals surface area (Å²) in [5, 5.41) is 13.6. The van der Waals surface area contributed by atoms with Crippen LogP contribution in [0.15, 0.2) is 40.9 Å². The fourth-order valence-corrected chi connectivity index (χ4v) is 2.40. The molecular weight excluding hydrogens is 395 g/mol. The summed E-state index contributed by atoms with van der Waals surface area (Å²) in [6.07, 6.45) is 0. The molecule has 0 aliphatic heterocycles. The molecule has 0 spiro atoms. The lowest BCUT2D eigenvalue weighted by Crippen LogP contribution is -2.20. The Morgan fingerprint density at radius 2 is 2.09 bits per heavy atom. The van der Waals surface area contributed by atoms with Gasteiger partial charge in [0.15, 0.2) is 6.61 Å². The number of hydrogen-bond acceptors (Lipinski definition) is 4. The molecule has 0 atom stereocenters. The number of nitrogens with zero attached hydrogens (tertiary/aromatic N) is 1. The molecule has 2 rings (SSSR count). The number of hydrogen-bond donors (Lipinski definition) is 1. The summed E-state index contributed by atoms with van der Waals surface area (Å²) in [5.74, 6) is -1.62. The van der Waals surface area contributed by atoms with Crippen LogP contribution < -0.4 is 10.1 Å². The van der Waals surface area contributed by atoms with E-state index in [1.807, 2.05) is 0 Å². The van der Waals surface area contributed by atoms with Gasteiger partial charge in [-0.25, -0.2) is 4.39 Å². The first kappa shape index (κ1) is 17.2. The molecule has 23 heavy (non-hydrogen) atoms. The first-order chi connectivity index (χ1) is 10.9. The predicted octanol–water partition coefficient (Wildman–Crippen LogP) is 4.17. The van der Waals surface area contributed by atoms with Gasteiger partial charge in [0, 0.05) is 16.6 Å². The van der Waals surface area contributed by atoms with Crippen molar-refractivity contribution < 1.29 is 18.8 Å². The Labute approximate surface area is 143 Å². The van der Waals surface area contributed by atoms with Gasteiger partial charge < -0.3 is 10.1 Å². The van der Waals surface area contributed by atoms with Crippen LogP contribution in [0, 0.1) is 15.9 Å². The summed E-state index contributed by atoms with van der Waals surface area (Å²) in [5.41, 5.74) is -0.0712. The second-order valence-electron chi connectivity index (χ2n) is 4.33. The van der Waals surface area contributed by atoms with Crippen molar-refractivity contribution in [3.63, 3.8) is 0 Å². The van der Waals surface area contributed by atoms with Gasteiger partial charge in [-0.3, -0.25) is 14.9 Å². The summed E-state index contributed by atoms with van der Waals surface area (Å²) >= 11 is 9.18. The SMILES string of the molecule is O=C(COc1cc(F)ccc1[N+](=O)[O-])Nc1ccc(Br)cc1Cl. The number of ether oxygens (including phenoxy) is 1. The minimum atomic E-state index is -0.724. The molecule has 0 radical (unpaired) electrons. The molecular formula is C14H9BrClFN2O4. The van der Waals surface area contributed by atoms with E-state index in [0.29, 0.717) is 10.7 Å². The van der Waals surface area contributed by atoms with Crippen molar-refractivity contribution in [1.29, 1.82) is 0 Å². The van der Waals surface area contributed by atoms with Gasteiger partial charge >= 0.3 is 5.69 Å². The van der Waals surface area contributed by atoms with E-state index in [0.717, 1.165) is 22.7 Å². The molecule has 0 fully saturated rings. The Kier molecular flexibility index (Phi) is 5.51. The van der Waals surface area contributed by atoms with Crippen molar-refractivity contribution >= 4 is 44.8 Å². The number of anilines is 1. The van der Waals surface area contributed by atoms with E-state index >= 15 is 0 Å². The van der Waals surface area contributed by atoms with Gasteiger partial charge in [0.1, 0.15) is 5.82 Å². The van der Waals surface area contributed by atoms with Crippen molar-refractivity contribution in [3.05, 3.63) is 61.8 Å². The number of carbonyl (C=O) groups excluding carboxylic acids is 1. The Morgan fingerprint density at radius 3 is 2.74 bits per heavy atom. The van der Waals surface area contributed by atoms with Crippen molar-refractivity contribution in [1.82, 2.24) is 0 Å². The van der Waals surface area contributed by atoms with E-state index < -0.39 is 28.9 Å². The highest BCUT2D eigenvalue weighted by molar-refractivity contribution is 9.10. The van der Waals surface area contributed by atoms with Crippen LogP contribution >= 0.6 is 27.5 Å². The van der Waals surface area contributed by atoms with Crippen molar-refractivity contribution in [2.75, 3.05) is 11.9 Å². The zero-order chi connectivity index (χ0) is 17.0. The fourth-order valence-electron chi connectivity index (χ4n) is 1.67. The normalized spacial score (nSPS) is 10.2. The highest BCUT2D eigenvalue weighted by atomic mass is 79.9. The van der Waals surface area contributed by atoms with Gasteiger partial charge in [0.2, 0.25) is 5.75 Å². The number of nitro benzene ring substituents is 1. The predicted molar refractivity (Wildman–Crippen MR) is 86.3 cm³/mol. The van der Waals surface area contributed by atoms with E-state index in [9.17, 15) is 19.3 Å². The third-order valence-corrected chi connectivity index (χ3v) is 3.49. The largest absolute Gasteiger partial charge is 0.477 e. The van der Waals surface area contributed by atoms with Gasteiger partial charge in [0.25, 0.3) is 5.91 Å². The summed E-state index contributed by atoms with van der Waals surface area (Å²) in [6, 6.07) is 7.60. The summed E-state index contributed by atoms with van der Waals surface area (Å²) in [7, 11) is 0. The number of nitro groups is 1. The monoisotopic (exact) mass is 402 g/mol. The Bertz CT molecular complexity index is 772. The van der Waals surface area contributed by atoms with Crippen LogP contribution in [0.5, 0.6) is 5.75 Å². The Balaban J connectivity index is 2.05. The number of carbonyl (C=O) groups is 1. The maximum atomic E-state index is 13.1. The molecule has 0 aliphatic carbocycles. The van der Waals surface area contributed by atoms with Gasteiger partial charge in [0.05, 0.1) is 15.6 Å². The lowest BCUT2D eigenvalue weighted by molar-refractivity contribution is -0.385. The molecule has 1 N–H and O–H groups in total. The van der Waals surface area contributed by atoms with Crippen LogP contribution in [0.3, 0.4) is 0 Å². The van der Waals surface area contributed by atoms with Crippen LogP contribution in [0.2, 0.25) is 5.02 Å². The van der Waals surface area contributed by atoms with E-state index in [1.54, 1.807) is 18.2 Å². The third kappa shape index (κ3) is 4.64. The smallest absolute Gasteiger partial charge is 0.311 e. The number of benzene rings is 2. The molecule has 0 saturated heterocycles. The first-order valence-corrected chi connectivity index (χ1v) is 7.35. The van der Waals surface area contributed by atoms with Gasteiger partial charge in [-0.05, 0) is 24.3 Å². The van der Waals surface area contributed by atoms with Gasteiger partial charge in [-0.2, -0.15) is 0 Å².